The van der Waals surface area contributed by atoms with Gasteiger partial charge in [-0.05, 0) is 65.2 Å². The summed E-state index contributed by atoms with van der Waals surface area (Å²) in [5, 5.41) is 3.37. The fourth-order valence-electron chi connectivity index (χ4n) is 3.76. The van der Waals surface area contributed by atoms with E-state index in [1.165, 1.54) is 16.4 Å². The number of rotatable bonds is 10. The van der Waals surface area contributed by atoms with Crippen LogP contribution in [0.2, 0.25) is 5.02 Å². The molecule has 1 N–H and O–H groups in total. The fraction of sp³-hybridized carbons (Fsp3) is 0.138. The van der Waals surface area contributed by atoms with Crippen molar-refractivity contribution in [2.45, 2.75) is 24.5 Å². The minimum atomic E-state index is -3.81. The first-order valence-corrected chi connectivity index (χ1v) is 13.5. The first-order chi connectivity index (χ1) is 17.8. The number of nitrogens with one attached hydrogen (secondary N) is 1. The minimum absolute atomic E-state index is 0.149. The summed E-state index contributed by atoms with van der Waals surface area (Å²) in [5.41, 5.74) is 3.17. The molecule has 37 heavy (non-hydrogen) atoms. The molecule has 6 nitrogen and oxygen atoms in total. The third-order valence-corrected chi connectivity index (χ3v) is 7.90. The van der Waals surface area contributed by atoms with Gasteiger partial charge in [-0.3, -0.25) is 4.79 Å². The summed E-state index contributed by atoms with van der Waals surface area (Å²) in [6.07, 6.45) is 0. The lowest BCUT2D eigenvalue weighted by atomic mass is 10.1. The van der Waals surface area contributed by atoms with Crippen molar-refractivity contribution >= 4 is 27.5 Å². The lowest BCUT2D eigenvalue weighted by Crippen LogP contribution is -2.30. The number of benzene rings is 4. The van der Waals surface area contributed by atoms with Crippen molar-refractivity contribution in [2.75, 3.05) is 7.11 Å². The van der Waals surface area contributed by atoms with E-state index in [4.69, 9.17) is 16.3 Å². The second-order valence-corrected chi connectivity index (χ2v) is 10.8. The number of amides is 1. The van der Waals surface area contributed by atoms with Crippen molar-refractivity contribution in [2.24, 2.45) is 0 Å². The standard InChI is InChI=1S/C29H27ClN2O4S/c1-36-27-15-11-24(12-16-27)21-32(37(34,35)28-17-13-26(30)14-18-28)20-23-9-7-22(8-10-23)19-31-29(33)25-5-3-2-4-6-25/h2-18H,19-21H2,1H3,(H,31,33). The summed E-state index contributed by atoms with van der Waals surface area (Å²) in [6.45, 7) is 0.726. The molecule has 0 fully saturated rings. The summed E-state index contributed by atoms with van der Waals surface area (Å²) in [5.74, 6) is 0.551. The third-order valence-electron chi connectivity index (χ3n) is 5.84. The molecule has 190 valence electrons. The molecule has 0 saturated carbocycles. The Hall–Kier alpha value is -3.65. The zero-order valence-corrected chi connectivity index (χ0v) is 21.9. The van der Waals surface area contributed by atoms with E-state index in [9.17, 15) is 13.2 Å². The van der Waals surface area contributed by atoms with Crippen molar-refractivity contribution in [1.82, 2.24) is 9.62 Å². The third kappa shape index (κ3) is 6.98. The number of ether oxygens (including phenoxy) is 1. The average molecular weight is 535 g/mol. The Kier molecular flexibility index (Phi) is 8.61. The maximum atomic E-state index is 13.6. The Bertz CT molecular complexity index is 1420. The molecule has 0 aliphatic carbocycles. The Balaban J connectivity index is 1.51. The summed E-state index contributed by atoms with van der Waals surface area (Å²) in [7, 11) is -2.22. The van der Waals surface area contributed by atoms with E-state index in [1.54, 1.807) is 43.5 Å². The highest BCUT2D eigenvalue weighted by Crippen LogP contribution is 2.24. The Morgan fingerprint density at radius 3 is 1.89 bits per heavy atom. The van der Waals surface area contributed by atoms with Gasteiger partial charge in [0.05, 0.1) is 12.0 Å². The van der Waals surface area contributed by atoms with Crippen LogP contribution < -0.4 is 10.1 Å². The number of methoxy groups -OCH3 is 1. The molecule has 0 heterocycles. The van der Waals surface area contributed by atoms with E-state index in [1.807, 2.05) is 54.6 Å². The number of hydrogen-bond donors (Lipinski definition) is 1. The van der Waals surface area contributed by atoms with E-state index in [0.29, 0.717) is 22.9 Å². The van der Waals surface area contributed by atoms with Gasteiger partial charge in [0.15, 0.2) is 0 Å². The van der Waals surface area contributed by atoms with Gasteiger partial charge in [0, 0.05) is 30.2 Å². The highest BCUT2D eigenvalue weighted by Gasteiger charge is 2.25. The molecule has 4 aromatic carbocycles. The molecule has 8 heteroatoms. The van der Waals surface area contributed by atoms with Crippen molar-refractivity contribution in [1.29, 1.82) is 0 Å². The Morgan fingerprint density at radius 2 is 1.32 bits per heavy atom. The van der Waals surface area contributed by atoms with Crippen LogP contribution in [0, 0.1) is 0 Å². The van der Waals surface area contributed by atoms with E-state index in [0.717, 1.165) is 16.7 Å². The maximum Gasteiger partial charge on any atom is 0.251 e. The van der Waals surface area contributed by atoms with Crippen LogP contribution in [0.3, 0.4) is 0 Å². The fourth-order valence-corrected chi connectivity index (χ4v) is 5.30. The van der Waals surface area contributed by atoms with E-state index in [2.05, 4.69) is 5.32 Å². The van der Waals surface area contributed by atoms with Gasteiger partial charge in [-0.2, -0.15) is 4.31 Å². The highest BCUT2D eigenvalue weighted by molar-refractivity contribution is 7.89. The second-order valence-electron chi connectivity index (χ2n) is 8.44. The lowest BCUT2D eigenvalue weighted by molar-refractivity contribution is 0.0951. The van der Waals surface area contributed by atoms with Crippen molar-refractivity contribution in [3.63, 3.8) is 0 Å². The van der Waals surface area contributed by atoms with Gasteiger partial charge in [-0.1, -0.05) is 66.2 Å². The molecule has 0 unspecified atom stereocenters. The lowest BCUT2D eigenvalue weighted by Gasteiger charge is -2.23. The molecule has 0 bridgehead atoms. The van der Waals surface area contributed by atoms with Crippen LogP contribution >= 0.6 is 11.6 Å². The predicted octanol–water partition coefficient (Wildman–Crippen LogP) is 5.67. The number of halogens is 1. The predicted molar refractivity (Wildman–Crippen MR) is 145 cm³/mol. The van der Waals surface area contributed by atoms with E-state index >= 15 is 0 Å². The van der Waals surface area contributed by atoms with Gasteiger partial charge in [0.1, 0.15) is 5.75 Å². The molecule has 4 rings (SSSR count). The van der Waals surface area contributed by atoms with Crippen LogP contribution in [0.4, 0.5) is 0 Å². The van der Waals surface area contributed by atoms with Gasteiger partial charge < -0.3 is 10.1 Å². The number of carbonyl (C=O) groups excluding carboxylic acids is 1. The summed E-state index contributed by atoms with van der Waals surface area (Å²) in [6, 6.07) is 30.0. The summed E-state index contributed by atoms with van der Waals surface area (Å²) in [4.78, 5) is 12.5. The van der Waals surface area contributed by atoms with Gasteiger partial charge in [-0.25, -0.2) is 8.42 Å². The molecule has 0 aliphatic heterocycles. The van der Waals surface area contributed by atoms with Crippen LogP contribution in [-0.4, -0.2) is 25.7 Å². The summed E-state index contributed by atoms with van der Waals surface area (Å²) < 4.78 is 33.8. The van der Waals surface area contributed by atoms with Crippen molar-refractivity contribution < 1.29 is 17.9 Å². The van der Waals surface area contributed by atoms with Crippen molar-refractivity contribution in [3.05, 3.63) is 130 Å². The van der Waals surface area contributed by atoms with Crippen LogP contribution in [0.1, 0.15) is 27.0 Å². The SMILES string of the molecule is COc1ccc(CN(Cc2ccc(CNC(=O)c3ccccc3)cc2)S(=O)(=O)c2ccc(Cl)cc2)cc1. The quantitative estimate of drug-likeness (QED) is 0.284. The number of sulfonamides is 1. The first kappa shape index (κ1) is 26.4. The highest BCUT2D eigenvalue weighted by atomic mass is 35.5. The number of nitrogens with zero attached hydrogens (tertiary/aromatic N) is 1. The van der Waals surface area contributed by atoms with E-state index in [-0.39, 0.29) is 23.9 Å². The smallest absolute Gasteiger partial charge is 0.251 e. The molecule has 0 aromatic heterocycles. The monoisotopic (exact) mass is 534 g/mol. The molecule has 1 amide bonds. The van der Waals surface area contributed by atoms with Gasteiger partial charge in [0.25, 0.3) is 5.91 Å². The topological polar surface area (TPSA) is 75.7 Å². The minimum Gasteiger partial charge on any atom is -0.497 e. The Labute approximate surface area is 222 Å². The zero-order chi connectivity index (χ0) is 26.3. The molecular weight excluding hydrogens is 508 g/mol. The Morgan fingerprint density at radius 1 is 0.784 bits per heavy atom. The molecule has 0 spiro atoms. The number of hydrogen-bond acceptors (Lipinski definition) is 4. The van der Waals surface area contributed by atoms with Crippen LogP contribution in [0.15, 0.2) is 108 Å². The number of carbonyl (C=O) groups is 1. The molecule has 0 aliphatic rings. The second kappa shape index (κ2) is 12.1. The van der Waals surface area contributed by atoms with Gasteiger partial charge in [-0.15, -0.1) is 0 Å². The van der Waals surface area contributed by atoms with Gasteiger partial charge in [0.2, 0.25) is 10.0 Å². The zero-order valence-electron chi connectivity index (χ0n) is 20.3. The largest absolute Gasteiger partial charge is 0.497 e. The van der Waals surface area contributed by atoms with Gasteiger partial charge >= 0.3 is 0 Å². The molecule has 4 aromatic rings. The molecule has 0 saturated heterocycles. The maximum absolute atomic E-state index is 13.6. The molecular formula is C29H27ClN2O4S. The van der Waals surface area contributed by atoms with Crippen molar-refractivity contribution in [3.8, 4) is 5.75 Å². The van der Waals surface area contributed by atoms with Crippen LogP contribution in [-0.2, 0) is 29.7 Å². The molecule has 0 atom stereocenters. The first-order valence-electron chi connectivity index (χ1n) is 11.6. The summed E-state index contributed by atoms with van der Waals surface area (Å²) >= 11 is 5.98. The van der Waals surface area contributed by atoms with Crippen LogP contribution in [0.5, 0.6) is 5.75 Å². The van der Waals surface area contributed by atoms with E-state index < -0.39 is 10.0 Å². The average Bonchev–Trinajstić information content (AvgIpc) is 2.93. The van der Waals surface area contributed by atoms with Crippen LogP contribution in [0.25, 0.3) is 0 Å². The normalized spacial score (nSPS) is 11.3. The molecule has 0 radical (unpaired) electrons.